The molecule has 2 rings (SSSR count). The Bertz CT molecular complexity index is 741. The van der Waals surface area contributed by atoms with E-state index in [0.717, 1.165) is 29.4 Å². The Morgan fingerprint density at radius 3 is 2.52 bits per heavy atom. The van der Waals surface area contributed by atoms with Crippen molar-refractivity contribution in [3.63, 3.8) is 0 Å². The molecular formula is C21H31N3O3. The Labute approximate surface area is 161 Å². The van der Waals surface area contributed by atoms with Crippen molar-refractivity contribution in [1.82, 2.24) is 16.0 Å². The second kappa shape index (κ2) is 10.3. The molecule has 0 aromatic heterocycles. The molecule has 0 saturated heterocycles. The second-order valence-electron chi connectivity index (χ2n) is 7.50. The third-order valence-corrected chi connectivity index (χ3v) is 3.94. The van der Waals surface area contributed by atoms with Crippen molar-refractivity contribution < 1.29 is 14.6 Å². The summed E-state index contributed by atoms with van der Waals surface area (Å²) in [7, 11) is 0. The summed E-state index contributed by atoms with van der Waals surface area (Å²) >= 11 is 0. The topological polar surface area (TPSA) is 82.6 Å². The van der Waals surface area contributed by atoms with E-state index in [1.165, 1.54) is 0 Å². The van der Waals surface area contributed by atoms with Crippen LogP contribution in [0.3, 0.4) is 0 Å². The van der Waals surface area contributed by atoms with E-state index in [2.05, 4.69) is 28.1 Å². The summed E-state index contributed by atoms with van der Waals surface area (Å²) in [6.07, 6.45) is 0. The fraction of sp³-hybridized carbons (Fsp3) is 0.476. The van der Waals surface area contributed by atoms with Gasteiger partial charge in [-0.05, 0) is 37.6 Å². The van der Waals surface area contributed by atoms with E-state index in [1.807, 2.05) is 45.0 Å². The lowest BCUT2D eigenvalue weighted by Gasteiger charge is -2.21. The van der Waals surface area contributed by atoms with Gasteiger partial charge in [0.05, 0.1) is 6.61 Å². The van der Waals surface area contributed by atoms with Crippen LogP contribution in [0.5, 0.6) is 5.75 Å². The first kappa shape index (κ1) is 21.2. The Hall–Kier alpha value is -2.15. The summed E-state index contributed by atoms with van der Waals surface area (Å²) in [6.45, 7) is 8.73. The zero-order valence-corrected chi connectivity index (χ0v) is 16.5. The molecule has 0 fully saturated rings. The number of aliphatic hydroxyl groups is 1. The van der Waals surface area contributed by atoms with E-state index < -0.39 is 0 Å². The van der Waals surface area contributed by atoms with Crippen molar-refractivity contribution in [1.29, 1.82) is 0 Å². The Balaban J connectivity index is 2.06. The van der Waals surface area contributed by atoms with Crippen LogP contribution in [0, 0.1) is 0 Å². The number of carbonyl (C=O) groups is 1. The summed E-state index contributed by atoms with van der Waals surface area (Å²) in [5.41, 5.74) is 0.759. The van der Waals surface area contributed by atoms with Gasteiger partial charge >= 0.3 is 0 Å². The maximum Gasteiger partial charge on any atom is 0.258 e. The highest BCUT2D eigenvalue weighted by Crippen LogP contribution is 2.28. The number of carbonyl (C=O) groups excluding carboxylic acids is 1. The third kappa shape index (κ3) is 7.17. The lowest BCUT2D eigenvalue weighted by Crippen LogP contribution is -2.43. The van der Waals surface area contributed by atoms with Crippen LogP contribution < -0.4 is 20.7 Å². The molecule has 0 unspecified atom stereocenters. The maximum absolute atomic E-state index is 12.1. The van der Waals surface area contributed by atoms with Crippen LogP contribution >= 0.6 is 0 Å². The molecule has 148 valence electrons. The van der Waals surface area contributed by atoms with E-state index in [0.29, 0.717) is 18.8 Å². The zero-order chi connectivity index (χ0) is 19.7. The van der Waals surface area contributed by atoms with Gasteiger partial charge in [-0.15, -0.1) is 0 Å². The normalized spacial score (nSPS) is 11.6. The largest absolute Gasteiger partial charge is 0.483 e. The molecule has 0 saturated carbocycles. The number of hydrogen-bond donors (Lipinski definition) is 4. The Kier molecular flexibility index (Phi) is 8.03. The van der Waals surface area contributed by atoms with Gasteiger partial charge in [-0.2, -0.15) is 0 Å². The van der Waals surface area contributed by atoms with Gasteiger partial charge in [0.1, 0.15) is 5.75 Å². The van der Waals surface area contributed by atoms with Crippen LogP contribution in [0.25, 0.3) is 10.8 Å². The van der Waals surface area contributed by atoms with Crippen LogP contribution in [-0.4, -0.2) is 49.4 Å². The average molecular weight is 373 g/mol. The van der Waals surface area contributed by atoms with Crippen LogP contribution in [0.4, 0.5) is 0 Å². The number of nitrogens with one attached hydrogen (secondary N) is 3. The number of amides is 1. The van der Waals surface area contributed by atoms with E-state index in [-0.39, 0.29) is 24.7 Å². The van der Waals surface area contributed by atoms with Gasteiger partial charge in [0, 0.05) is 37.3 Å². The lowest BCUT2D eigenvalue weighted by atomic mass is 10.0. The minimum absolute atomic E-state index is 0.0132. The standard InChI is InChI=1S/C21H31N3O3/c1-21(2,3)24-20(26)15-27-19-9-8-16-6-4-5-7-17(16)18(19)14-23-11-10-22-12-13-25/h4-9,22-23,25H,10-15H2,1-3H3,(H,24,26). The van der Waals surface area contributed by atoms with Crippen molar-refractivity contribution >= 4 is 16.7 Å². The summed E-state index contributed by atoms with van der Waals surface area (Å²) in [6, 6.07) is 12.1. The van der Waals surface area contributed by atoms with Crippen LogP contribution in [-0.2, 0) is 11.3 Å². The van der Waals surface area contributed by atoms with Gasteiger partial charge in [0.15, 0.2) is 6.61 Å². The fourth-order valence-corrected chi connectivity index (χ4v) is 2.83. The second-order valence-corrected chi connectivity index (χ2v) is 7.50. The minimum atomic E-state index is -0.282. The van der Waals surface area contributed by atoms with Crippen LogP contribution in [0.1, 0.15) is 26.3 Å². The maximum atomic E-state index is 12.1. The summed E-state index contributed by atoms with van der Waals surface area (Å²) < 4.78 is 5.85. The summed E-state index contributed by atoms with van der Waals surface area (Å²) in [5.74, 6) is 0.580. The smallest absolute Gasteiger partial charge is 0.258 e. The van der Waals surface area contributed by atoms with E-state index >= 15 is 0 Å². The summed E-state index contributed by atoms with van der Waals surface area (Å²) in [4.78, 5) is 12.1. The zero-order valence-electron chi connectivity index (χ0n) is 16.5. The lowest BCUT2D eigenvalue weighted by molar-refractivity contribution is -0.124. The molecule has 27 heavy (non-hydrogen) atoms. The van der Waals surface area contributed by atoms with Gasteiger partial charge in [0.25, 0.3) is 5.91 Å². The Morgan fingerprint density at radius 2 is 1.78 bits per heavy atom. The van der Waals surface area contributed by atoms with Gasteiger partial charge in [-0.3, -0.25) is 4.79 Å². The molecule has 2 aromatic rings. The molecule has 4 N–H and O–H groups in total. The molecular weight excluding hydrogens is 342 g/mol. The number of rotatable bonds is 10. The molecule has 6 heteroatoms. The van der Waals surface area contributed by atoms with E-state index in [1.54, 1.807) is 0 Å². The molecule has 0 heterocycles. The molecule has 0 aliphatic rings. The van der Waals surface area contributed by atoms with Crippen molar-refractivity contribution in [2.45, 2.75) is 32.9 Å². The molecule has 0 spiro atoms. The quantitative estimate of drug-likeness (QED) is 0.478. The fourth-order valence-electron chi connectivity index (χ4n) is 2.83. The molecule has 2 aromatic carbocycles. The Morgan fingerprint density at radius 1 is 1.04 bits per heavy atom. The summed E-state index contributed by atoms with van der Waals surface area (Å²) in [5, 5.41) is 20.5. The molecule has 0 atom stereocenters. The van der Waals surface area contributed by atoms with Crippen molar-refractivity contribution in [2.75, 3.05) is 32.8 Å². The first-order valence-corrected chi connectivity index (χ1v) is 9.37. The third-order valence-electron chi connectivity index (χ3n) is 3.94. The first-order chi connectivity index (χ1) is 12.9. The molecule has 1 amide bonds. The SMILES string of the molecule is CC(C)(C)NC(=O)COc1ccc2ccccc2c1CNCCNCCO. The highest BCUT2D eigenvalue weighted by atomic mass is 16.5. The monoisotopic (exact) mass is 373 g/mol. The number of benzene rings is 2. The molecule has 6 nitrogen and oxygen atoms in total. The van der Waals surface area contributed by atoms with Gasteiger partial charge in [0.2, 0.25) is 0 Å². The molecule has 0 aliphatic heterocycles. The number of ether oxygens (including phenoxy) is 1. The number of hydrogen-bond acceptors (Lipinski definition) is 5. The minimum Gasteiger partial charge on any atom is -0.483 e. The molecule has 0 aliphatic carbocycles. The highest BCUT2D eigenvalue weighted by Gasteiger charge is 2.15. The predicted octanol–water partition coefficient (Wildman–Crippen LogP) is 1.80. The van der Waals surface area contributed by atoms with E-state index in [9.17, 15) is 4.79 Å². The van der Waals surface area contributed by atoms with Crippen molar-refractivity contribution in [3.05, 3.63) is 42.0 Å². The predicted molar refractivity (Wildman–Crippen MR) is 109 cm³/mol. The van der Waals surface area contributed by atoms with Gasteiger partial charge in [-0.1, -0.05) is 30.3 Å². The van der Waals surface area contributed by atoms with Gasteiger partial charge < -0.3 is 25.8 Å². The van der Waals surface area contributed by atoms with Crippen LogP contribution in [0.15, 0.2) is 36.4 Å². The van der Waals surface area contributed by atoms with E-state index in [4.69, 9.17) is 9.84 Å². The van der Waals surface area contributed by atoms with Crippen molar-refractivity contribution in [2.24, 2.45) is 0 Å². The van der Waals surface area contributed by atoms with Crippen molar-refractivity contribution in [3.8, 4) is 5.75 Å². The van der Waals surface area contributed by atoms with Crippen LogP contribution in [0.2, 0.25) is 0 Å². The number of aliphatic hydroxyl groups excluding tert-OH is 1. The highest BCUT2D eigenvalue weighted by molar-refractivity contribution is 5.88. The first-order valence-electron chi connectivity index (χ1n) is 9.37. The molecule has 0 bridgehead atoms. The number of fused-ring (bicyclic) bond motifs is 1. The average Bonchev–Trinajstić information content (AvgIpc) is 2.62. The molecule has 0 radical (unpaired) electrons. The van der Waals surface area contributed by atoms with Gasteiger partial charge in [-0.25, -0.2) is 0 Å².